The summed E-state index contributed by atoms with van der Waals surface area (Å²) in [4.78, 5) is 14.5. The first-order valence-corrected chi connectivity index (χ1v) is 10.0. The molecule has 0 radical (unpaired) electrons. The molecule has 3 aromatic rings. The molecule has 3 aromatic carbocycles. The smallest absolute Gasteiger partial charge is 0.423 e. The van der Waals surface area contributed by atoms with Gasteiger partial charge in [-0.2, -0.15) is 0 Å². The summed E-state index contributed by atoms with van der Waals surface area (Å²) in [5.74, 6) is -1.65. The van der Waals surface area contributed by atoms with Gasteiger partial charge in [0.2, 0.25) is 5.91 Å². The quantitative estimate of drug-likeness (QED) is 0.316. The average molecular weight is 435 g/mol. The minimum absolute atomic E-state index is 0.226. The summed E-state index contributed by atoms with van der Waals surface area (Å²) in [5, 5.41) is 29.1. The third-order valence-electron chi connectivity index (χ3n) is 5.53. The molecule has 0 saturated carbocycles. The molecule has 32 heavy (non-hydrogen) atoms. The Morgan fingerprint density at radius 3 is 2.00 bits per heavy atom. The zero-order chi connectivity index (χ0) is 22.8. The number of rotatable bonds is 6. The number of halogens is 2. The van der Waals surface area contributed by atoms with Crippen LogP contribution in [0.2, 0.25) is 0 Å². The van der Waals surface area contributed by atoms with E-state index in [4.69, 9.17) is 0 Å². The highest BCUT2D eigenvalue weighted by Crippen LogP contribution is 2.44. The molecule has 1 aliphatic heterocycles. The molecule has 0 spiro atoms. The third kappa shape index (κ3) is 4.34. The van der Waals surface area contributed by atoms with E-state index in [2.05, 4.69) is 0 Å². The van der Waals surface area contributed by atoms with E-state index in [0.717, 1.165) is 5.56 Å². The molecule has 162 valence electrons. The lowest BCUT2D eigenvalue weighted by Gasteiger charge is -2.46. The van der Waals surface area contributed by atoms with Gasteiger partial charge in [-0.05, 0) is 53.0 Å². The maximum atomic E-state index is 13.4. The van der Waals surface area contributed by atoms with Gasteiger partial charge in [-0.1, -0.05) is 48.6 Å². The van der Waals surface area contributed by atoms with Crippen LogP contribution in [0.25, 0.3) is 0 Å². The summed E-state index contributed by atoms with van der Waals surface area (Å²) in [6.07, 6.45) is 2.07. The Labute approximate surface area is 184 Å². The van der Waals surface area contributed by atoms with Gasteiger partial charge in [-0.15, -0.1) is 0 Å². The number of carbonyl (C=O) groups excluding carboxylic acids is 1. The monoisotopic (exact) mass is 435 g/mol. The van der Waals surface area contributed by atoms with E-state index in [1.165, 1.54) is 59.5 Å². The Hall–Kier alpha value is -3.33. The standard InChI is InChI=1S/C24H20BF2NO4/c26-18-7-3-15(4-8-18)22(29)14-13-21-23(16-1-5-17(6-2-16)25(31)32)28(24(21)30)20-11-9-19(27)10-12-20/h1-14,21-23,29,31-32H/t21-,22+,23-/m0/s1. The molecule has 4 rings (SSSR count). The van der Waals surface area contributed by atoms with Crippen LogP contribution in [-0.2, 0) is 4.79 Å². The number of amides is 1. The van der Waals surface area contributed by atoms with Crippen molar-refractivity contribution in [2.24, 2.45) is 5.92 Å². The molecule has 3 atom stereocenters. The second-order valence-electron chi connectivity index (χ2n) is 7.58. The minimum atomic E-state index is -1.61. The maximum Gasteiger partial charge on any atom is 0.488 e. The summed E-state index contributed by atoms with van der Waals surface area (Å²) in [6, 6.07) is 17.1. The van der Waals surface area contributed by atoms with Crippen LogP contribution in [0.3, 0.4) is 0 Å². The highest BCUT2D eigenvalue weighted by atomic mass is 19.1. The lowest BCUT2D eigenvalue weighted by Crippen LogP contribution is -2.54. The van der Waals surface area contributed by atoms with Gasteiger partial charge in [-0.25, -0.2) is 8.78 Å². The van der Waals surface area contributed by atoms with Crippen LogP contribution in [0.5, 0.6) is 0 Å². The van der Waals surface area contributed by atoms with Crippen LogP contribution in [0, 0.1) is 17.6 Å². The SMILES string of the molecule is O=C1[C@@H](C=C[C@@H](O)c2ccc(F)cc2)[C@H](c2ccc(B(O)O)cc2)N1c1ccc(F)cc1. The van der Waals surface area contributed by atoms with Gasteiger partial charge < -0.3 is 20.1 Å². The largest absolute Gasteiger partial charge is 0.488 e. The number of aliphatic hydroxyl groups is 1. The van der Waals surface area contributed by atoms with E-state index >= 15 is 0 Å². The Bertz CT molecular complexity index is 1120. The number of hydrogen-bond donors (Lipinski definition) is 3. The lowest BCUT2D eigenvalue weighted by molar-refractivity contribution is -0.128. The van der Waals surface area contributed by atoms with E-state index in [9.17, 15) is 28.7 Å². The normalized spacial score (nSPS) is 19.2. The van der Waals surface area contributed by atoms with Gasteiger partial charge in [0, 0.05) is 5.69 Å². The van der Waals surface area contributed by atoms with Crippen LogP contribution < -0.4 is 10.4 Å². The molecule has 1 aliphatic rings. The predicted molar refractivity (Wildman–Crippen MR) is 117 cm³/mol. The number of anilines is 1. The zero-order valence-electron chi connectivity index (χ0n) is 16.8. The summed E-state index contributed by atoms with van der Waals surface area (Å²) in [5.41, 5.74) is 2.06. The van der Waals surface area contributed by atoms with Crippen molar-refractivity contribution in [3.63, 3.8) is 0 Å². The second kappa shape index (κ2) is 9.04. The minimum Gasteiger partial charge on any atom is -0.423 e. The number of benzene rings is 3. The van der Waals surface area contributed by atoms with Gasteiger partial charge in [-0.3, -0.25) is 4.79 Å². The van der Waals surface area contributed by atoms with Crippen molar-refractivity contribution in [2.45, 2.75) is 12.1 Å². The molecule has 0 unspecified atom stereocenters. The molecule has 5 nitrogen and oxygen atoms in total. The fourth-order valence-electron chi connectivity index (χ4n) is 3.81. The first kappa shape index (κ1) is 21.9. The number of carbonyl (C=O) groups is 1. The number of aliphatic hydroxyl groups excluding tert-OH is 1. The number of nitrogens with zero attached hydrogens (tertiary/aromatic N) is 1. The van der Waals surface area contributed by atoms with Gasteiger partial charge in [0.05, 0.1) is 18.1 Å². The third-order valence-corrected chi connectivity index (χ3v) is 5.53. The fourth-order valence-corrected chi connectivity index (χ4v) is 3.81. The molecule has 0 aromatic heterocycles. The summed E-state index contributed by atoms with van der Waals surface area (Å²) in [7, 11) is -1.61. The fraction of sp³-hybridized carbons (Fsp3) is 0.125. The second-order valence-corrected chi connectivity index (χ2v) is 7.58. The van der Waals surface area contributed by atoms with E-state index in [0.29, 0.717) is 16.7 Å². The first-order chi connectivity index (χ1) is 15.3. The number of hydrogen-bond acceptors (Lipinski definition) is 4. The van der Waals surface area contributed by atoms with Crippen molar-refractivity contribution < 1.29 is 28.7 Å². The number of β-lactam (4-membered cyclic amide) rings is 1. The van der Waals surface area contributed by atoms with Crippen LogP contribution in [0.15, 0.2) is 84.9 Å². The van der Waals surface area contributed by atoms with Crippen molar-refractivity contribution in [3.8, 4) is 0 Å². The summed E-state index contributed by atoms with van der Waals surface area (Å²) < 4.78 is 26.5. The van der Waals surface area contributed by atoms with E-state index in [1.807, 2.05) is 0 Å². The highest BCUT2D eigenvalue weighted by molar-refractivity contribution is 6.58. The molecule has 1 amide bonds. The van der Waals surface area contributed by atoms with Crippen LogP contribution >= 0.6 is 0 Å². The lowest BCUT2D eigenvalue weighted by atomic mass is 9.77. The Morgan fingerprint density at radius 2 is 1.44 bits per heavy atom. The van der Waals surface area contributed by atoms with Gasteiger partial charge in [0.15, 0.2) is 0 Å². The molecule has 0 bridgehead atoms. The van der Waals surface area contributed by atoms with Crippen LogP contribution in [0.1, 0.15) is 23.3 Å². The Kier molecular flexibility index (Phi) is 6.18. The van der Waals surface area contributed by atoms with Crippen molar-refractivity contribution in [1.29, 1.82) is 0 Å². The molecule has 1 fully saturated rings. The molecule has 1 heterocycles. The molecule has 8 heteroatoms. The highest BCUT2D eigenvalue weighted by Gasteiger charge is 2.47. The maximum absolute atomic E-state index is 13.4. The molecule has 1 saturated heterocycles. The molecular formula is C24H20BF2NO4. The molecule has 0 aliphatic carbocycles. The van der Waals surface area contributed by atoms with Crippen molar-refractivity contribution in [1.82, 2.24) is 0 Å². The van der Waals surface area contributed by atoms with Crippen molar-refractivity contribution in [2.75, 3.05) is 4.90 Å². The van der Waals surface area contributed by atoms with Crippen LogP contribution in [-0.4, -0.2) is 28.2 Å². The summed E-state index contributed by atoms with van der Waals surface area (Å²) in [6.45, 7) is 0. The molecule has 3 N–H and O–H groups in total. The topological polar surface area (TPSA) is 81.0 Å². The van der Waals surface area contributed by atoms with Gasteiger partial charge >= 0.3 is 7.12 Å². The zero-order valence-corrected chi connectivity index (χ0v) is 16.8. The van der Waals surface area contributed by atoms with Crippen molar-refractivity contribution >= 4 is 24.2 Å². The average Bonchev–Trinajstić information content (AvgIpc) is 2.79. The van der Waals surface area contributed by atoms with E-state index < -0.39 is 36.8 Å². The van der Waals surface area contributed by atoms with E-state index in [-0.39, 0.29) is 5.91 Å². The summed E-state index contributed by atoms with van der Waals surface area (Å²) >= 11 is 0. The Morgan fingerprint density at radius 1 is 0.875 bits per heavy atom. The van der Waals surface area contributed by atoms with Gasteiger partial charge in [0.1, 0.15) is 11.6 Å². The Balaban J connectivity index is 1.63. The predicted octanol–water partition coefficient (Wildman–Crippen LogP) is 2.64. The van der Waals surface area contributed by atoms with Crippen LogP contribution in [0.4, 0.5) is 14.5 Å². The van der Waals surface area contributed by atoms with Crippen molar-refractivity contribution in [3.05, 3.63) is 108 Å². The first-order valence-electron chi connectivity index (χ1n) is 10.0. The molecular weight excluding hydrogens is 415 g/mol. The van der Waals surface area contributed by atoms with E-state index in [1.54, 1.807) is 30.3 Å². The van der Waals surface area contributed by atoms with Gasteiger partial charge in [0.25, 0.3) is 0 Å².